The van der Waals surface area contributed by atoms with Crippen LogP contribution in [0.5, 0.6) is 0 Å². The molecule has 0 aromatic carbocycles. The van der Waals surface area contributed by atoms with Crippen molar-refractivity contribution >= 4 is 19.2 Å². The molecular formula is C15H27BN2S. The van der Waals surface area contributed by atoms with Crippen molar-refractivity contribution in [1.29, 1.82) is 0 Å². The predicted octanol–water partition coefficient (Wildman–Crippen LogP) is 4.01. The van der Waals surface area contributed by atoms with E-state index in [-0.39, 0.29) is 5.82 Å². The predicted molar refractivity (Wildman–Crippen MR) is 86.2 cm³/mol. The molecule has 1 rings (SSSR count). The van der Waals surface area contributed by atoms with E-state index >= 15 is 0 Å². The maximum atomic E-state index is 6.15. The van der Waals surface area contributed by atoms with Crippen molar-refractivity contribution in [3.63, 3.8) is 0 Å². The van der Waals surface area contributed by atoms with Crippen molar-refractivity contribution in [2.75, 3.05) is 0 Å². The molecule has 0 amide bonds. The number of hydrogen-bond donors (Lipinski definition) is 0. The smallest absolute Gasteiger partial charge is 0.185 e. The Kier molecular flexibility index (Phi) is 6.38. The quantitative estimate of drug-likeness (QED) is 0.699. The van der Waals surface area contributed by atoms with E-state index < -0.39 is 0 Å². The van der Waals surface area contributed by atoms with Gasteiger partial charge in [0.05, 0.1) is 7.85 Å². The lowest BCUT2D eigenvalue weighted by Gasteiger charge is -2.15. The maximum absolute atomic E-state index is 6.15. The number of unbranched alkanes of at least 4 members (excludes halogenated alkanes) is 1. The Labute approximate surface area is 123 Å². The van der Waals surface area contributed by atoms with Crippen LogP contribution in [0, 0.1) is 0 Å². The molecule has 1 aromatic heterocycles. The van der Waals surface area contributed by atoms with Gasteiger partial charge in [0.25, 0.3) is 0 Å². The molecule has 2 radical (unpaired) electrons. The molecule has 0 aliphatic carbocycles. The lowest BCUT2D eigenvalue weighted by Crippen LogP contribution is -2.21. The Morgan fingerprint density at radius 3 is 2.26 bits per heavy atom. The Balaban J connectivity index is 3.41. The van der Waals surface area contributed by atoms with Crippen LogP contribution in [0.3, 0.4) is 0 Å². The van der Waals surface area contributed by atoms with Gasteiger partial charge in [0, 0.05) is 22.7 Å². The molecule has 0 saturated heterocycles. The van der Waals surface area contributed by atoms with Crippen molar-refractivity contribution < 1.29 is 0 Å². The molecule has 106 valence electrons. The van der Waals surface area contributed by atoms with Crippen LogP contribution in [0.25, 0.3) is 0 Å². The zero-order valence-electron chi connectivity index (χ0n) is 13.2. The number of thiazole rings is 1. The summed E-state index contributed by atoms with van der Waals surface area (Å²) < 4.78 is 2.39. The molecular weight excluding hydrogens is 251 g/mol. The highest BCUT2D eigenvalue weighted by Gasteiger charge is 2.17. The Morgan fingerprint density at radius 1 is 1.21 bits per heavy atom. The minimum atomic E-state index is 0.0953. The fourth-order valence-corrected chi connectivity index (χ4v) is 3.61. The third kappa shape index (κ3) is 4.23. The van der Waals surface area contributed by atoms with Crippen LogP contribution in [0.15, 0.2) is 4.99 Å². The highest BCUT2D eigenvalue weighted by Crippen LogP contribution is 2.25. The van der Waals surface area contributed by atoms with Crippen molar-refractivity contribution in [3.8, 4) is 0 Å². The van der Waals surface area contributed by atoms with Crippen LogP contribution in [0.2, 0.25) is 0 Å². The lowest BCUT2D eigenvalue weighted by atomic mass is 9.86. The summed E-state index contributed by atoms with van der Waals surface area (Å²) in [5, 5.41) is 0. The van der Waals surface area contributed by atoms with Crippen LogP contribution in [0.1, 0.15) is 76.8 Å². The van der Waals surface area contributed by atoms with Gasteiger partial charge in [-0.3, -0.25) is 4.99 Å². The number of hydrogen-bond acceptors (Lipinski definition) is 2. The van der Waals surface area contributed by atoms with Crippen LogP contribution in [-0.2, 0) is 6.42 Å². The fraction of sp³-hybridized carbons (Fsp3) is 0.800. The molecule has 1 unspecified atom stereocenters. The highest BCUT2D eigenvalue weighted by molar-refractivity contribution is 7.09. The maximum Gasteiger partial charge on any atom is 0.185 e. The van der Waals surface area contributed by atoms with E-state index in [1.165, 1.54) is 23.4 Å². The topological polar surface area (TPSA) is 17.3 Å². The third-order valence-electron chi connectivity index (χ3n) is 3.05. The SMILES string of the molecule is [B]C(C)c1sc(=NC(C)C)n(C(C)C)c1CCCC. The molecule has 0 aliphatic rings. The molecule has 1 aromatic rings. The van der Waals surface area contributed by atoms with Crippen LogP contribution < -0.4 is 4.80 Å². The van der Waals surface area contributed by atoms with E-state index in [0.29, 0.717) is 12.1 Å². The van der Waals surface area contributed by atoms with Gasteiger partial charge < -0.3 is 4.57 Å². The molecule has 1 heterocycles. The summed E-state index contributed by atoms with van der Waals surface area (Å²) in [5.74, 6) is 0.0953. The lowest BCUT2D eigenvalue weighted by molar-refractivity contribution is 0.540. The molecule has 0 fully saturated rings. The summed E-state index contributed by atoms with van der Waals surface area (Å²) in [4.78, 5) is 7.21. The normalized spacial score (nSPS) is 14.6. The zero-order chi connectivity index (χ0) is 14.6. The molecule has 19 heavy (non-hydrogen) atoms. The van der Waals surface area contributed by atoms with Gasteiger partial charge in [0.2, 0.25) is 0 Å². The highest BCUT2D eigenvalue weighted by atomic mass is 32.1. The molecule has 0 N–H and O–H groups in total. The largest absolute Gasteiger partial charge is 0.318 e. The number of nitrogens with zero attached hydrogens (tertiary/aromatic N) is 2. The van der Waals surface area contributed by atoms with E-state index in [0.717, 1.165) is 11.2 Å². The standard InChI is InChI=1S/C15H27BN2S/c1-7-8-9-13-14(12(6)16)19-15(17-10(2)3)18(13)11(4)5/h10-12H,7-9H2,1-6H3. The molecule has 0 spiro atoms. The van der Waals surface area contributed by atoms with E-state index in [4.69, 9.17) is 12.8 Å². The van der Waals surface area contributed by atoms with Crippen LogP contribution >= 0.6 is 11.3 Å². The van der Waals surface area contributed by atoms with E-state index in [9.17, 15) is 0 Å². The summed E-state index contributed by atoms with van der Waals surface area (Å²) in [6.45, 7) is 13.0. The average Bonchev–Trinajstić information content (AvgIpc) is 2.64. The van der Waals surface area contributed by atoms with Crippen molar-refractivity contribution in [1.82, 2.24) is 4.57 Å². The summed E-state index contributed by atoms with van der Waals surface area (Å²) in [6.07, 6.45) is 3.53. The fourth-order valence-electron chi connectivity index (χ4n) is 2.23. The Morgan fingerprint density at radius 2 is 1.84 bits per heavy atom. The average molecular weight is 278 g/mol. The van der Waals surface area contributed by atoms with Crippen molar-refractivity contribution in [2.45, 2.75) is 78.7 Å². The first-order valence-corrected chi connectivity index (χ1v) is 8.23. The molecule has 2 nitrogen and oxygen atoms in total. The monoisotopic (exact) mass is 278 g/mol. The first-order valence-electron chi connectivity index (χ1n) is 7.41. The van der Waals surface area contributed by atoms with Crippen molar-refractivity contribution in [2.24, 2.45) is 4.99 Å². The molecule has 1 atom stereocenters. The van der Waals surface area contributed by atoms with Gasteiger partial charge in [-0.05, 0) is 46.4 Å². The second-order valence-corrected chi connectivity index (χ2v) is 6.78. The first-order chi connectivity index (χ1) is 8.88. The Hall–Kier alpha value is -0.505. The summed E-state index contributed by atoms with van der Waals surface area (Å²) in [5.41, 5.74) is 1.40. The Bertz CT molecular complexity index is 455. The van der Waals surface area contributed by atoms with E-state index in [1.807, 2.05) is 0 Å². The molecule has 0 bridgehead atoms. The molecule has 4 heteroatoms. The van der Waals surface area contributed by atoms with Gasteiger partial charge >= 0.3 is 0 Å². The molecule has 0 saturated carbocycles. The van der Waals surface area contributed by atoms with Crippen molar-refractivity contribution in [3.05, 3.63) is 15.4 Å². The summed E-state index contributed by atoms with van der Waals surface area (Å²) >= 11 is 1.77. The third-order valence-corrected chi connectivity index (χ3v) is 4.36. The summed E-state index contributed by atoms with van der Waals surface area (Å²) in [6, 6.07) is 0.761. The second kappa shape index (κ2) is 7.32. The molecule has 0 aliphatic heterocycles. The second-order valence-electron chi connectivity index (χ2n) is 5.77. The zero-order valence-corrected chi connectivity index (χ0v) is 14.0. The van der Waals surface area contributed by atoms with Gasteiger partial charge in [-0.2, -0.15) is 0 Å². The van der Waals surface area contributed by atoms with Gasteiger partial charge in [0.15, 0.2) is 4.80 Å². The van der Waals surface area contributed by atoms with Crippen LogP contribution in [-0.4, -0.2) is 18.5 Å². The van der Waals surface area contributed by atoms with E-state index in [2.05, 4.69) is 46.1 Å². The minimum absolute atomic E-state index is 0.0953. The van der Waals surface area contributed by atoms with Crippen LogP contribution in [0.4, 0.5) is 0 Å². The van der Waals surface area contributed by atoms with Gasteiger partial charge in [0.1, 0.15) is 0 Å². The minimum Gasteiger partial charge on any atom is -0.318 e. The first kappa shape index (κ1) is 16.5. The number of rotatable bonds is 6. The van der Waals surface area contributed by atoms with E-state index in [1.54, 1.807) is 11.3 Å². The van der Waals surface area contributed by atoms with Gasteiger partial charge in [-0.15, -0.1) is 11.3 Å². The van der Waals surface area contributed by atoms with Gasteiger partial charge in [-0.25, -0.2) is 0 Å². The summed E-state index contributed by atoms with van der Waals surface area (Å²) in [7, 11) is 6.15. The number of aromatic nitrogens is 1. The van der Waals surface area contributed by atoms with Gasteiger partial charge in [-0.1, -0.05) is 20.3 Å².